The topological polar surface area (TPSA) is 70.7 Å². The van der Waals surface area contributed by atoms with Gasteiger partial charge in [0.25, 0.3) is 0 Å². The van der Waals surface area contributed by atoms with Crippen LogP contribution in [0.1, 0.15) is 38.5 Å². The van der Waals surface area contributed by atoms with Crippen LogP contribution in [0.3, 0.4) is 0 Å². The summed E-state index contributed by atoms with van der Waals surface area (Å²) >= 11 is 3.04. The average molecular weight is 375 g/mol. The minimum absolute atomic E-state index is 0.0908. The first-order chi connectivity index (χ1) is 12.2. The summed E-state index contributed by atoms with van der Waals surface area (Å²) in [4.78, 5) is 18.1. The first-order valence-electron chi connectivity index (χ1n) is 9.07. The summed E-state index contributed by atoms with van der Waals surface area (Å²) < 4.78 is 0. The molecule has 2 N–H and O–H groups in total. The van der Waals surface area contributed by atoms with Gasteiger partial charge in [0.2, 0.25) is 11.1 Å². The standard InChI is InChI=1S/C18H22N4OS2/c23-15(10-25-17-19-16(21-22-17)14-2-1-3-24-14)20-18-7-11-4-12(8-18)6-13(5-11)9-18/h1-3,11-13H,4-10H2,(H,20,23)(H,19,21,22). The zero-order valence-corrected chi connectivity index (χ0v) is 15.7. The Hall–Kier alpha value is -1.34. The van der Waals surface area contributed by atoms with Crippen LogP contribution in [0.4, 0.5) is 0 Å². The van der Waals surface area contributed by atoms with Crippen LogP contribution in [0.2, 0.25) is 0 Å². The van der Waals surface area contributed by atoms with Crippen molar-refractivity contribution in [3.63, 3.8) is 0 Å². The minimum Gasteiger partial charge on any atom is -0.350 e. The number of hydrogen-bond acceptors (Lipinski definition) is 5. The quantitative estimate of drug-likeness (QED) is 0.783. The van der Waals surface area contributed by atoms with Crippen LogP contribution in [0.25, 0.3) is 10.7 Å². The van der Waals surface area contributed by atoms with Crippen molar-refractivity contribution in [2.24, 2.45) is 17.8 Å². The maximum atomic E-state index is 12.5. The normalized spacial score (nSPS) is 32.9. The van der Waals surface area contributed by atoms with Gasteiger partial charge in [-0.1, -0.05) is 17.8 Å². The van der Waals surface area contributed by atoms with E-state index in [2.05, 4.69) is 20.5 Å². The molecule has 0 spiro atoms. The van der Waals surface area contributed by atoms with Gasteiger partial charge in [0, 0.05) is 5.54 Å². The van der Waals surface area contributed by atoms with E-state index >= 15 is 0 Å². The molecule has 0 unspecified atom stereocenters. The van der Waals surface area contributed by atoms with Crippen LogP contribution in [-0.4, -0.2) is 32.4 Å². The highest BCUT2D eigenvalue weighted by molar-refractivity contribution is 7.99. The largest absolute Gasteiger partial charge is 0.350 e. The fourth-order valence-electron chi connectivity index (χ4n) is 5.56. The van der Waals surface area contributed by atoms with Gasteiger partial charge in [-0.15, -0.1) is 16.4 Å². The summed E-state index contributed by atoms with van der Waals surface area (Å²) in [6.45, 7) is 0. The zero-order valence-electron chi connectivity index (χ0n) is 14.0. The van der Waals surface area contributed by atoms with E-state index in [9.17, 15) is 4.79 Å². The smallest absolute Gasteiger partial charge is 0.230 e. The number of aromatic nitrogens is 3. The number of thiophene rings is 1. The SMILES string of the molecule is O=C(CSc1n[nH]c(-c2cccs2)n1)NC12CC3CC(CC(C3)C1)C2. The molecule has 4 fully saturated rings. The van der Waals surface area contributed by atoms with Crippen LogP contribution in [-0.2, 0) is 4.79 Å². The predicted octanol–water partition coefficient (Wildman–Crippen LogP) is 3.71. The molecular formula is C18H22N4OS2. The van der Waals surface area contributed by atoms with Gasteiger partial charge in [-0.05, 0) is 67.7 Å². The zero-order chi connectivity index (χ0) is 16.9. The lowest BCUT2D eigenvalue weighted by Crippen LogP contribution is -2.60. The third-order valence-electron chi connectivity index (χ3n) is 5.99. The van der Waals surface area contributed by atoms with Crippen molar-refractivity contribution < 1.29 is 4.79 Å². The van der Waals surface area contributed by atoms with E-state index in [0.717, 1.165) is 28.5 Å². The molecule has 1 amide bonds. The van der Waals surface area contributed by atoms with E-state index in [0.29, 0.717) is 10.9 Å². The second-order valence-electron chi connectivity index (χ2n) is 7.98. The summed E-state index contributed by atoms with van der Waals surface area (Å²) in [7, 11) is 0. The van der Waals surface area contributed by atoms with Crippen molar-refractivity contribution in [3.05, 3.63) is 17.5 Å². The Bertz CT molecular complexity index is 735. The molecule has 0 saturated heterocycles. The lowest BCUT2D eigenvalue weighted by molar-refractivity contribution is -0.124. The van der Waals surface area contributed by atoms with E-state index in [1.54, 1.807) is 11.3 Å². The molecule has 25 heavy (non-hydrogen) atoms. The number of carbonyl (C=O) groups excluding carboxylic acids is 1. The number of nitrogens with zero attached hydrogens (tertiary/aromatic N) is 2. The summed E-state index contributed by atoms with van der Waals surface area (Å²) in [5, 5.41) is 13.2. The van der Waals surface area contributed by atoms with E-state index in [-0.39, 0.29) is 11.4 Å². The Morgan fingerprint density at radius 2 is 2.00 bits per heavy atom. The number of nitrogens with one attached hydrogen (secondary N) is 2. The number of amides is 1. The minimum atomic E-state index is 0.0908. The number of hydrogen-bond donors (Lipinski definition) is 2. The maximum Gasteiger partial charge on any atom is 0.230 e. The van der Waals surface area contributed by atoms with Crippen LogP contribution >= 0.6 is 23.1 Å². The molecule has 7 heteroatoms. The molecule has 0 radical (unpaired) electrons. The van der Waals surface area contributed by atoms with Crippen LogP contribution in [0, 0.1) is 17.8 Å². The molecule has 2 heterocycles. The molecule has 4 aliphatic carbocycles. The molecule has 0 aliphatic heterocycles. The Balaban J connectivity index is 1.19. The molecule has 2 aromatic heterocycles. The third kappa shape index (κ3) is 3.12. The Labute approximate surface area is 155 Å². The molecule has 0 atom stereocenters. The predicted molar refractivity (Wildman–Crippen MR) is 99.5 cm³/mol. The van der Waals surface area contributed by atoms with Gasteiger partial charge in [-0.25, -0.2) is 4.98 Å². The van der Waals surface area contributed by atoms with Gasteiger partial charge >= 0.3 is 0 Å². The second-order valence-corrected chi connectivity index (χ2v) is 9.87. The van der Waals surface area contributed by atoms with Crippen molar-refractivity contribution >= 4 is 29.0 Å². The fraction of sp³-hybridized carbons (Fsp3) is 0.611. The molecule has 4 aliphatic rings. The van der Waals surface area contributed by atoms with E-state index in [1.807, 2.05) is 17.5 Å². The Morgan fingerprint density at radius 1 is 1.28 bits per heavy atom. The maximum absolute atomic E-state index is 12.5. The third-order valence-corrected chi connectivity index (χ3v) is 7.72. The van der Waals surface area contributed by atoms with E-state index in [4.69, 9.17) is 0 Å². The van der Waals surface area contributed by atoms with Gasteiger partial charge in [0.05, 0.1) is 10.6 Å². The van der Waals surface area contributed by atoms with Gasteiger partial charge in [-0.2, -0.15) is 0 Å². The molecule has 2 aromatic rings. The summed E-state index contributed by atoms with van der Waals surface area (Å²) in [6.07, 6.45) is 7.77. The number of rotatable bonds is 5. The molecule has 6 rings (SSSR count). The monoisotopic (exact) mass is 374 g/mol. The molecule has 0 aromatic carbocycles. The summed E-state index contributed by atoms with van der Waals surface area (Å²) in [6, 6.07) is 4.01. The lowest BCUT2D eigenvalue weighted by Gasteiger charge is -2.56. The van der Waals surface area contributed by atoms with E-state index < -0.39 is 0 Å². The highest BCUT2D eigenvalue weighted by atomic mass is 32.2. The van der Waals surface area contributed by atoms with Gasteiger partial charge in [0.1, 0.15) is 0 Å². The summed E-state index contributed by atoms with van der Waals surface area (Å²) in [5.74, 6) is 3.85. The van der Waals surface area contributed by atoms with Crippen LogP contribution in [0.15, 0.2) is 22.7 Å². The van der Waals surface area contributed by atoms with Crippen LogP contribution < -0.4 is 5.32 Å². The molecule has 5 nitrogen and oxygen atoms in total. The molecular weight excluding hydrogens is 352 g/mol. The van der Waals surface area contributed by atoms with Gasteiger partial charge in [-0.3, -0.25) is 9.89 Å². The molecule has 132 valence electrons. The van der Waals surface area contributed by atoms with Gasteiger partial charge < -0.3 is 5.32 Å². The van der Waals surface area contributed by atoms with Crippen molar-refractivity contribution in [2.75, 3.05) is 5.75 Å². The van der Waals surface area contributed by atoms with E-state index in [1.165, 1.54) is 50.3 Å². The highest BCUT2D eigenvalue weighted by Crippen LogP contribution is 2.55. The van der Waals surface area contributed by atoms with Crippen molar-refractivity contribution in [2.45, 2.75) is 49.2 Å². The molecule has 4 bridgehead atoms. The van der Waals surface area contributed by atoms with Crippen LogP contribution in [0.5, 0.6) is 0 Å². The Morgan fingerprint density at radius 3 is 2.64 bits per heavy atom. The lowest BCUT2D eigenvalue weighted by atomic mass is 9.53. The van der Waals surface area contributed by atoms with Crippen molar-refractivity contribution in [3.8, 4) is 10.7 Å². The second kappa shape index (κ2) is 6.13. The fourth-order valence-corrected chi connectivity index (χ4v) is 6.82. The number of H-pyrrole nitrogens is 1. The number of carbonyl (C=O) groups is 1. The van der Waals surface area contributed by atoms with Gasteiger partial charge in [0.15, 0.2) is 5.82 Å². The van der Waals surface area contributed by atoms with Crippen molar-refractivity contribution in [1.82, 2.24) is 20.5 Å². The highest BCUT2D eigenvalue weighted by Gasteiger charge is 2.51. The number of thioether (sulfide) groups is 1. The first-order valence-corrected chi connectivity index (χ1v) is 10.9. The first kappa shape index (κ1) is 15.9. The average Bonchev–Trinajstić information content (AvgIpc) is 3.22. The van der Waals surface area contributed by atoms with Crippen molar-refractivity contribution in [1.29, 1.82) is 0 Å². The summed E-state index contributed by atoms with van der Waals surface area (Å²) in [5.41, 5.74) is 0.0908. The Kier molecular flexibility index (Phi) is 3.89. The number of aromatic amines is 1. The molecule has 4 saturated carbocycles.